The van der Waals surface area contributed by atoms with Crippen LogP contribution in [-0.2, 0) is 17.6 Å². The molecule has 1 aliphatic carbocycles. The predicted octanol–water partition coefficient (Wildman–Crippen LogP) is 3.99. The van der Waals surface area contributed by atoms with E-state index in [0.29, 0.717) is 6.42 Å². The molecule has 1 saturated heterocycles. The number of nitrogens with zero attached hydrogens (tertiary/aromatic N) is 2. The van der Waals surface area contributed by atoms with Crippen LogP contribution in [0.25, 0.3) is 10.9 Å². The van der Waals surface area contributed by atoms with Crippen molar-refractivity contribution in [3.05, 3.63) is 40.5 Å². The van der Waals surface area contributed by atoms with Crippen LogP contribution in [0.1, 0.15) is 43.4 Å². The van der Waals surface area contributed by atoms with Crippen LogP contribution in [0.2, 0.25) is 5.02 Å². The van der Waals surface area contributed by atoms with Gasteiger partial charge in [-0.25, -0.2) is 0 Å². The highest BCUT2D eigenvalue weighted by molar-refractivity contribution is 6.36. The minimum Gasteiger partial charge on any atom is -0.355 e. The first-order valence-electron chi connectivity index (χ1n) is 10.3. The first kappa shape index (κ1) is 18.7. The number of aromatic nitrogens is 1. The van der Waals surface area contributed by atoms with E-state index in [-0.39, 0.29) is 11.8 Å². The fourth-order valence-corrected chi connectivity index (χ4v) is 4.76. The maximum atomic E-state index is 12.7. The number of hydrogen-bond donors (Lipinski definition) is 1. The Hall–Kier alpha value is -1.65. The van der Waals surface area contributed by atoms with Gasteiger partial charge in [-0.05, 0) is 50.4 Å². The van der Waals surface area contributed by atoms with E-state index in [1.807, 2.05) is 24.3 Å². The second kappa shape index (κ2) is 8.57. The lowest BCUT2D eigenvalue weighted by Gasteiger charge is -2.25. The summed E-state index contributed by atoms with van der Waals surface area (Å²) >= 11 is 6.62. The quantitative estimate of drug-likeness (QED) is 0.865. The Morgan fingerprint density at radius 1 is 1.19 bits per heavy atom. The van der Waals surface area contributed by atoms with Gasteiger partial charge in [-0.15, -0.1) is 0 Å². The molecule has 1 unspecified atom stereocenters. The Kier molecular flexibility index (Phi) is 5.94. The number of amides is 1. The van der Waals surface area contributed by atoms with Crippen molar-refractivity contribution in [1.29, 1.82) is 0 Å². The summed E-state index contributed by atoms with van der Waals surface area (Å²) in [4.78, 5) is 20.0. The van der Waals surface area contributed by atoms with Crippen LogP contribution < -0.4 is 5.32 Å². The third-order valence-electron chi connectivity index (χ3n) is 5.99. The van der Waals surface area contributed by atoms with Gasteiger partial charge >= 0.3 is 0 Å². The molecule has 1 aliphatic heterocycles. The largest absolute Gasteiger partial charge is 0.355 e. The fourth-order valence-electron chi connectivity index (χ4n) is 4.40. The molecule has 1 atom stereocenters. The number of nitrogens with one attached hydrogen (secondary N) is 1. The summed E-state index contributed by atoms with van der Waals surface area (Å²) in [5.74, 6) is 0.174. The lowest BCUT2D eigenvalue weighted by Crippen LogP contribution is -2.39. The molecule has 0 spiro atoms. The zero-order valence-electron chi connectivity index (χ0n) is 15.8. The second-order valence-corrected chi connectivity index (χ2v) is 8.23. The van der Waals surface area contributed by atoms with Gasteiger partial charge in [-0.2, -0.15) is 0 Å². The number of carbonyl (C=O) groups excluding carboxylic acids is 1. The smallest absolute Gasteiger partial charge is 0.223 e. The van der Waals surface area contributed by atoms with E-state index in [1.54, 1.807) is 0 Å². The van der Waals surface area contributed by atoms with Crippen LogP contribution >= 0.6 is 11.6 Å². The van der Waals surface area contributed by atoms with Crippen LogP contribution in [0, 0.1) is 5.92 Å². The van der Waals surface area contributed by atoms with Gasteiger partial charge < -0.3 is 10.2 Å². The highest BCUT2D eigenvalue weighted by Crippen LogP contribution is 2.34. The van der Waals surface area contributed by atoms with Crippen LogP contribution in [0.3, 0.4) is 0 Å². The van der Waals surface area contributed by atoms with Gasteiger partial charge in [0.1, 0.15) is 0 Å². The van der Waals surface area contributed by atoms with Gasteiger partial charge in [-0.1, -0.05) is 42.6 Å². The molecule has 4 nitrogen and oxygen atoms in total. The van der Waals surface area contributed by atoms with Crippen LogP contribution in [-0.4, -0.2) is 42.0 Å². The lowest BCUT2D eigenvalue weighted by atomic mass is 9.85. The first-order valence-corrected chi connectivity index (χ1v) is 10.7. The van der Waals surface area contributed by atoms with E-state index in [9.17, 15) is 4.79 Å². The van der Waals surface area contributed by atoms with Crippen molar-refractivity contribution in [3.8, 4) is 0 Å². The number of rotatable bonds is 4. The Labute approximate surface area is 166 Å². The van der Waals surface area contributed by atoms with E-state index in [2.05, 4.69) is 10.2 Å². The zero-order valence-corrected chi connectivity index (χ0v) is 16.6. The molecule has 4 rings (SSSR count). The summed E-state index contributed by atoms with van der Waals surface area (Å²) in [5, 5.41) is 4.99. The summed E-state index contributed by atoms with van der Waals surface area (Å²) < 4.78 is 0. The molecular weight excluding hydrogens is 358 g/mol. The summed E-state index contributed by atoms with van der Waals surface area (Å²) in [6.07, 6.45) is 7.62. The average Bonchev–Trinajstić information content (AvgIpc) is 2.96. The summed E-state index contributed by atoms with van der Waals surface area (Å²) in [6.45, 7) is 4.04. The zero-order chi connectivity index (χ0) is 18.6. The van der Waals surface area contributed by atoms with Crippen molar-refractivity contribution >= 4 is 28.4 Å². The molecule has 2 aromatic rings. The molecule has 0 saturated carbocycles. The Morgan fingerprint density at radius 2 is 1.96 bits per heavy atom. The number of halogens is 1. The average molecular weight is 386 g/mol. The molecular formula is C22H28ClN3O. The van der Waals surface area contributed by atoms with Crippen LogP contribution in [0.15, 0.2) is 24.3 Å². The van der Waals surface area contributed by atoms with E-state index < -0.39 is 0 Å². The minimum absolute atomic E-state index is 0.00589. The van der Waals surface area contributed by atoms with E-state index in [0.717, 1.165) is 53.1 Å². The van der Waals surface area contributed by atoms with Crippen LogP contribution in [0.4, 0.5) is 0 Å². The molecule has 1 fully saturated rings. The van der Waals surface area contributed by atoms with Crippen molar-refractivity contribution in [2.45, 2.75) is 44.9 Å². The molecule has 1 aromatic heterocycles. The van der Waals surface area contributed by atoms with Crippen LogP contribution in [0.5, 0.6) is 0 Å². The van der Waals surface area contributed by atoms with E-state index in [4.69, 9.17) is 16.6 Å². The molecule has 144 valence electrons. The third kappa shape index (κ3) is 4.27. The van der Waals surface area contributed by atoms with Gasteiger partial charge in [0.2, 0.25) is 5.91 Å². The van der Waals surface area contributed by atoms with Crippen molar-refractivity contribution < 1.29 is 4.79 Å². The fraction of sp³-hybridized carbons (Fsp3) is 0.545. The Bertz CT molecular complexity index is 815. The molecule has 0 radical (unpaired) electrons. The van der Waals surface area contributed by atoms with Crippen molar-refractivity contribution in [2.75, 3.05) is 26.2 Å². The Morgan fingerprint density at radius 3 is 2.78 bits per heavy atom. The molecule has 1 amide bonds. The SMILES string of the molecule is O=C(NCCN1CCCCCC1)C1CCc2c(nc3ccccc3c2Cl)C1. The predicted molar refractivity (Wildman–Crippen MR) is 110 cm³/mol. The molecule has 5 heteroatoms. The highest BCUT2D eigenvalue weighted by Gasteiger charge is 2.27. The molecule has 1 N–H and O–H groups in total. The second-order valence-electron chi connectivity index (χ2n) is 7.85. The molecule has 27 heavy (non-hydrogen) atoms. The van der Waals surface area contributed by atoms with Crippen molar-refractivity contribution in [3.63, 3.8) is 0 Å². The van der Waals surface area contributed by atoms with E-state index in [1.165, 1.54) is 38.8 Å². The van der Waals surface area contributed by atoms with Crippen molar-refractivity contribution in [2.24, 2.45) is 5.92 Å². The number of likely N-dealkylation sites (tertiary alicyclic amines) is 1. The number of pyridine rings is 1. The highest BCUT2D eigenvalue weighted by atomic mass is 35.5. The first-order chi connectivity index (χ1) is 13.2. The van der Waals surface area contributed by atoms with E-state index >= 15 is 0 Å². The number of hydrogen-bond acceptors (Lipinski definition) is 3. The van der Waals surface area contributed by atoms with Gasteiger partial charge in [0.05, 0.1) is 10.5 Å². The number of fused-ring (bicyclic) bond motifs is 2. The maximum absolute atomic E-state index is 12.7. The standard InChI is InChI=1S/C22H28ClN3O/c23-21-17-7-3-4-8-19(17)25-20-15-16(9-10-18(20)21)22(27)24-11-14-26-12-5-1-2-6-13-26/h3-4,7-8,16H,1-2,5-6,9-15H2,(H,24,27). The number of para-hydroxylation sites is 1. The molecule has 1 aromatic carbocycles. The number of carbonyl (C=O) groups is 1. The lowest BCUT2D eigenvalue weighted by molar-refractivity contribution is -0.125. The molecule has 2 heterocycles. The number of benzene rings is 1. The molecule has 0 bridgehead atoms. The normalized spacial score (nSPS) is 20.9. The van der Waals surface area contributed by atoms with Gasteiger partial charge in [0.25, 0.3) is 0 Å². The van der Waals surface area contributed by atoms with Gasteiger partial charge in [-0.3, -0.25) is 9.78 Å². The summed E-state index contributed by atoms with van der Waals surface area (Å²) in [6, 6.07) is 7.98. The van der Waals surface area contributed by atoms with Crippen molar-refractivity contribution in [1.82, 2.24) is 15.2 Å². The van der Waals surface area contributed by atoms with Gasteiger partial charge in [0.15, 0.2) is 0 Å². The van der Waals surface area contributed by atoms with Gasteiger partial charge in [0, 0.05) is 36.5 Å². The monoisotopic (exact) mass is 385 g/mol. The topological polar surface area (TPSA) is 45.2 Å². The third-order valence-corrected chi connectivity index (χ3v) is 6.42. The maximum Gasteiger partial charge on any atom is 0.223 e. The summed E-state index contributed by atoms with van der Waals surface area (Å²) in [7, 11) is 0. The molecule has 2 aliphatic rings. The minimum atomic E-state index is 0.00589. The Balaban J connectivity index is 1.36. The summed E-state index contributed by atoms with van der Waals surface area (Å²) in [5.41, 5.74) is 3.05.